The zero-order valence-corrected chi connectivity index (χ0v) is 11.0. The fourth-order valence-corrected chi connectivity index (χ4v) is 1.66. The van der Waals surface area contributed by atoms with Crippen LogP contribution < -0.4 is 0 Å². The van der Waals surface area contributed by atoms with E-state index in [1.807, 2.05) is 20.8 Å². The molecule has 0 aromatic heterocycles. The second-order valence-corrected chi connectivity index (χ2v) is 5.65. The average molecular weight is 222 g/mol. The van der Waals surface area contributed by atoms with Gasteiger partial charge in [-0.15, -0.1) is 0 Å². The minimum absolute atomic E-state index is 0.168. The van der Waals surface area contributed by atoms with Crippen molar-refractivity contribution in [2.75, 3.05) is 0 Å². The molecule has 2 heteroatoms. The number of hydrogen-bond acceptors (Lipinski definition) is 2. The summed E-state index contributed by atoms with van der Waals surface area (Å²) in [4.78, 5) is 11.6. The first-order valence-electron chi connectivity index (χ1n) is 5.88. The number of allylic oxidation sites excluding steroid dienone is 3. The average Bonchev–Trinajstić information content (AvgIpc) is 2.14. The third kappa shape index (κ3) is 3.51. The molecule has 0 radical (unpaired) electrons. The standard InChI is InChI=1S/C14H22O2/c1-10-6-7-12(11(2)8-10)9-16-13(15)14(3,4)5/h8-9,11H,6-7H2,1-5H3. The number of rotatable bonds is 1. The molecule has 1 aliphatic carbocycles. The highest BCUT2D eigenvalue weighted by Crippen LogP contribution is 2.28. The summed E-state index contributed by atoms with van der Waals surface area (Å²) in [6.45, 7) is 9.88. The Morgan fingerprint density at radius 1 is 1.44 bits per heavy atom. The van der Waals surface area contributed by atoms with Gasteiger partial charge in [0.05, 0.1) is 11.7 Å². The smallest absolute Gasteiger partial charge is 0.316 e. The van der Waals surface area contributed by atoms with E-state index >= 15 is 0 Å². The molecule has 1 rings (SSSR count). The van der Waals surface area contributed by atoms with Crippen LogP contribution in [0.3, 0.4) is 0 Å². The molecule has 0 N–H and O–H groups in total. The number of ether oxygens (including phenoxy) is 1. The highest BCUT2D eigenvalue weighted by Gasteiger charge is 2.23. The number of hydrogen-bond donors (Lipinski definition) is 0. The molecule has 0 bridgehead atoms. The number of carbonyl (C=O) groups is 1. The highest BCUT2D eigenvalue weighted by atomic mass is 16.5. The monoisotopic (exact) mass is 222 g/mol. The maximum Gasteiger partial charge on any atom is 0.316 e. The Bertz CT molecular complexity index is 329. The first kappa shape index (κ1) is 13.0. The Balaban J connectivity index is 2.63. The highest BCUT2D eigenvalue weighted by molar-refractivity contribution is 5.75. The zero-order chi connectivity index (χ0) is 12.3. The van der Waals surface area contributed by atoms with Gasteiger partial charge >= 0.3 is 5.97 Å². The quantitative estimate of drug-likeness (QED) is 0.383. The van der Waals surface area contributed by atoms with Crippen molar-refractivity contribution in [3.05, 3.63) is 23.5 Å². The van der Waals surface area contributed by atoms with E-state index in [1.165, 1.54) is 11.1 Å². The predicted molar refractivity (Wildman–Crippen MR) is 65.8 cm³/mol. The van der Waals surface area contributed by atoms with Gasteiger partial charge in [0.25, 0.3) is 0 Å². The Morgan fingerprint density at radius 2 is 2.06 bits per heavy atom. The molecule has 90 valence electrons. The predicted octanol–water partition coefficient (Wildman–Crippen LogP) is 3.84. The van der Waals surface area contributed by atoms with E-state index in [0.717, 1.165) is 12.8 Å². The van der Waals surface area contributed by atoms with Crippen molar-refractivity contribution in [3.63, 3.8) is 0 Å². The van der Waals surface area contributed by atoms with Crippen LogP contribution in [0.15, 0.2) is 23.5 Å². The van der Waals surface area contributed by atoms with Gasteiger partial charge in [-0.05, 0) is 52.0 Å². The Kier molecular flexibility index (Phi) is 3.95. The molecule has 0 aromatic rings. The first-order valence-corrected chi connectivity index (χ1v) is 5.88. The summed E-state index contributed by atoms with van der Waals surface area (Å²) < 4.78 is 5.22. The van der Waals surface area contributed by atoms with Crippen LogP contribution in [0.4, 0.5) is 0 Å². The molecule has 0 fully saturated rings. The minimum Gasteiger partial charge on any atom is -0.434 e. The molecular formula is C14H22O2. The molecular weight excluding hydrogens is 200 g/mol. The Labute approximate surface area is 98.4 Å². The van der Waals surface area contributed by atoms with Gasteiger partial charge in [-0.1, -0.05) is 18.6 Å². The lowest BCUT2D eigenvalue weighted by Gasteiger charge is -2.20. The van der Waals surface area contributed by atoms with Gasteiger partial charge < -0.3 is 4.74 Å². The van der Waals surface area contributed by atoms with Gasteiger partial charge in [0, 0.05) is 0 Å². The second kappa shape index (κ2) is 4.86. The lowest BCUT2D eigenvalue weighted by Crippen LogP contribution is -2.21. The van der Waals surface area contributed by atoms with E-state index in [9.17, 15) is 4.79 Å². The van der Waals surface area contributed by atoms with Gasteiger partial charge in [0.15, 0.2) is 0 Å². The molecule has 0 amide bonds. The van der Waals surface area contributed by atoms with Crippen LogP contribution in [0.25, 0.3) is 0 Å². The summed E-state index contributed by atoms with van der Waals surface area (Å²) in [5.41, 5.74) is 2.20. The molecule has 16 heavy (non-hydrogen) atoms. The molecule has 0 aliphatic heterocycles. The van der Waals surface area contributed by atoms with E-state index in [-0.39, 0.29) is 5.97 Å². The largest absolute Gasteiger partial charge is 0.434 e. The normalized spacial score (nSPS) is 24.2. The van der Waals surface area contributed by atoms with Crippen molar-refractivity contribution >= 4 is 5.97 Å². The van der Waals surface area contributed by atoms with Crippen LogP contribution in [0.5, 0.6) is 0 Å². The van der Waals surface area contributed by atoms with E-state index in [2.05, 4.69) is 19.9 Å². The van der Waals surface area contributed by atoms with E-state index < -0.39 is 5.41 Å². The van der Waals surface area contributed by atoms with Crippen molar-refractivity contribution in [1.29, 1.82) is 0 Å². The van der Waals surface area contributed by atoms with Crippen molar-refractivity contribution in [1.82, 2.24) is 0 Å². The summed E-state index contributed by atoms with van der Waals surface area (Å²) in [7, 11) is 0. The van der Waals surface area contributed by atoms with E-state index in [1.54, 1.807) is 6.26 Å². The van der Waals surface area contributed by atoms with Crippen molar-refractivity contribution in [2.24, 2.45) is 11.3 Å². The second-order valence-electron chi connectivity index (χ2n) is 5.65. The lowest BCUT2D eigenvalue weighted by atomic mass is 9.88. The molecule has 1 atom stereocenters. The van der Waals surface area contributed by atoms with Gasteiger partial charge in [0.2, 0.25) is 0 Å². The minimum atomic E-state index is -0.430. The van der Waals surface area contributed by atoms with Crippen LogP contribution in [-0.2, 0) is 9.53 Å². The van der Waals surface area contributed by atoms with Crippen molar-refractivity contribution < 1.29 is 9.53 Å². The summed E-state index contributed by atoms with van der Waals surface area (Å²) in [6.07, 6.45) is 5.96. The summed E-state index contributed by atoms with van der Waals surface area (Å²) in [5.74, 6) is 0.222. The van der Waals surface area contributed by atoms with Gasteiger partial charge in [0.1, 0.15) is 0 Å². The van der Waals surface area contributed by atoms with E-state index in [0.29, 0.717) is 5.92 Å². The van der Waals surface area contributed by atoms with Crippen LogP contribution >= 0.6 is 0 Å². The number of esters is 1. The molecule has 0 heterocycles. The van der Waals surface area contributed by atoms with Crippen molar-refractivity contribution in [3.8, 4) is 0 Å². The first-order chi connectivity index (χ1) is 7.30. The summed E-state index contributed by atoms with van der Waals surface area (Å²) in [5, 5.41) is 0. The molecule has 1 unspecified atom stereocenters. The van der Waals surface area contributed by atoms with Crippen LogP contribution in [0.2, 0.25) is 0 Å². The van der Waals surface area contributed by atoms with Crippen molar-refractivity contribution in [2.45, 2.75) is 47.5 Å². The molecule has 0 saturated carbocycles. The van der Waals surface area contributed by atoms with Gasteiger partial charge in [-0.2, -0.15) is 0 Å². The third-order valence-corrected chi connectivity index (χ3v) is 2.86. The van der Waals surface area contributed by atoms with Crippen LogP contribution in [0.1, 0.15) is 47.5 Å². The molecule has 0 spiro atoms. The zero-order valence-electron chi connectivity index (χ0n) is 11.0. The Morgan fingerprint density at radius 3 is 2.56 bits per heavy atom. The van der Waals surface area contributed by atoms with Gasteiger partial charge in [-0.3, -0.25) is 4.79 Å². The maximum absolute atomic E-state index is 11.6. The topological polar surface area (TPSA) is 26.3 Å². The van der Waals surface area contributed by atoms with Crippen LogP contribution in [-0.4, -0.2) is 5.97 Å². The lowest BCUT2D eigenvalue weighted by molar-refractivity contribution is -0.147. The van der Waals surface area contributed by atoms with Gasteiger partial charge in [-0.25, -0.2) is 0 Å². The Hall–Kier alpha value is -1.05. The summed E-state index contributed by atoms with van der Waals surface area (Å²) in [6, 6.07) is 0. The maximum atomic E-state index is 11.6. The number of carbonyl (C=O) groups excluding carboxylic acids is 1. The molecule has 1 aliphatic rings. The SMILES string of the molecule is CC1=CC(C)C(=COC(=O)C(C)(C)C)CC1. The fraction of sp³-hybridized carbons (Fsp3) is 0.643. The van der Waals surface area contributed by atoms with Crippen LogP contribution in [0, 0.1) is 11.3 Å². The molecule has 2 nitrogen and oxygen atoms in total. The third-order valence-electron chi connectivity index (χ3n) is 2.86. The molecule has 0 aromatic carbocycles. The fourth-order valence-electron chi connectivity index (χ4n) is 1.66. The van der Waals surface area contributed by atoms with E-state index in [4.69, 9.17) is 4.74 Å². The molecule has 0 saturated heterocycles. The summed E-state index contributed by atoms with van der Waals surface area (Å²) >= 11 is 0.